The predicted octanol–water partition coefficient (Wildman–Crippen LogP) is 1.25. The lowest BCUT2D eigenvalue weighted by Crippen LogP contribution is -2.45. The van der Waals surface area contributed by atoms with Gasteiger partial charge in [0.25, 0.3) is 0 Å². The Hall–Kier alpha value is -0.940. The van der Waals surface area contributed by atoms with Gasteiger partial charge < -0.3 is 20.1 Å². The quantitative estimate of drug-likeness (QED) is 0.788. The van der Waals surface area contributed by atoms with E-state index in [0.717, 1.165) is 39.0 Å². The van der Waals surface area contributed by atoms with Crippen molar-refractivity contribution in [3.05, 3.63) is 35.9 Å². The van der Waals surface area contributed by atoms with Gasteiger partial charge in [-0.1, -0.05) is 30.3 Å². The Balaban J connectivity index is 1.64. The first-order valence-corrected chi connectivity index (χ1v) is 7.44. The first-order chi connectivity index (χ1) is 9.78. The third-order valence-electron chi connectivity index (χ3n) is 3.85. The molecule has 0 saturated carbocycles. The maximum Gasteiger partial charge on any atom is 0.0900 e. The van der Waals surface area contributed by atoms with E-state index in [-0.39, 0.29) is 6.10 Å². The number of β-amino-alcohol motifs (C(OH)–C–C–N with tert-alkyl or cyclic N) is 1. The van der Waals surface area contributed by atoms with E-state index in [9.17, 15) is 5.11 Å². The zero-order valence-electron chi connectivity index (χ0n) is 12.3. The van der Waals surface area contributed by atoms with Gasteiger partial charge in [0.05, 0.1) is 12.7 Å². The van der Waals surface area contributed by atoms with Crippen LogP contribution in [0.3, 0.4) is 0 Å². The second-order valence-corrected chi connectivity index (χ2v) is 5.55. The third kappa shape index (κ3) is 5.21. The van der Waals surface area contributed by atoms with Gasteiger partial charge >= 0.3 is 0 Å². The monoisotopic (exact) mass is 278 g/mol. The van der Waals surface area contributed by atoms with E-state index < -0.39 is 0 Å². The fourth-order valence-corrected chi connectivity index (χ4v) is 2.72. The summed E-state index contributed by atoms with van der Waals surface area (Å²) in [5.41, 5.74) is 1.34. The zero-order valence-corrected chi connectivity index (χ0v) is 12.3. The van der Waals surface area contributed by atoms with Crippen molar-refractivity contribution in [1.29, 1.82) is 0 Å². The summed E-state index contributed by atoms with van der Waals surface area (Å²) in [5, 5.41) is 13.4. The molecule has 0 aromatic heterocycles. The molecule has 0 bridgehead atoms. The Kier molecular flexibility index (Phi) is 6.47. The topological polar surface area (TPSA) is 44.7 Å². The molecule has 2 rings (SSSR count). The molecule has 1 aliphatic rings. The highest BCUT2D eigenvalue weighted by atomic mass is 16.5. The first kappa shape index (κ1) is 15.4. The molecule has 0 amide bonds. The van der Waals surface area contributed by atoms with Gasteiger partial charge in [0, 0.05) is 26.2 Å². The van der Waals surface area contributed by atoms with Crippen LogP contribution in [-0.2, 0) is 11.3 Å². The minimum Gasteiger partial charge on any atom is -0.389 e. The van der Waals surface area contributed by atoms with E-state index >= 15 is 0 Å². The molecule has 1 aromatic rings. The Morgan fingerprint density at radius 1 is 1.30 bits per heavy atom. The van der Waals surface area contributed by atoms with Crippen molar-refractivity contribution in [2.45, 2.75) is 31.5 Å². The van der Waals surface area contributed by atoms with Gasteiger partial charge in [0.1, 0.15) is 0 Å². The van der Waals surface area contributed by atoms with Crippen LogP contribution in [-0.4, -0.2) is 55.5 Å². The molecule has 4 heteroatoms. The Labute approximate surface area is 121 Å². The summed E-state index contributed by atoms with van der Waals surface area (Å²) in [6.07, 6.45) is 1.92. The molecule has 1 heterocycles. The molecule has 1 aliphatic heterocycles. The first-order valence-electron chi connectivity index (χ1n) is 7.44. The molecular formula is C16H26N2O2. The van der Waals surface area contributed by atoms with Gasteiger partial charge in [0.15, 0.2) is 0 Å². The Bertz CT molecular complexity index is 364. The second-order valence-electron chi connectivity index (χ2n) is 5.55. The molecule has 2 N–H and O–H groups in total. The maximum atomic E-state index is 9.74. The minimum absolute atomic E-state index is 0.367. The smallest absolute Gasteiger partial charge is 0.0900 e. The molecule has 1 fully saturated rings. The number of hydrogen-bond acceptors (Lipinski definition) is 4. The lowest BCUT2D eigenvalue weighted by molar-refractivity contribution is 0.0310. The van der Waals surface area contributed by atoms with Crippen molar-refractivity contribution < 1.29 is 9.84 Å². The number of aliphatic hydroxyl groups is 1. The van der Waals surface area contributed by atoms with E-state index in [1.807, 2.05) is 6.07 Å². The van der Waals surface area contributed by atoms with Crippen LogP contribution in [0.25, 0.3) is 0 Å². The number of methoxy groups -OCH3 is 1. The van der Waals surface area contributed by atoms with Crippen LogP contribution in [0.1, 0.15) is 18.4 Å². The van der Waals surface area contributed by atoms with E-state index in [0.29, 0.717) is 12.6 Å². The van der Waals surface area contributed by atoms with Gasteiger partial charge in [-0.3, -0.25) is 0 Å². The van der Waals surface area contributed by atoms with Crippen LogP contribution < -0.4 is 5.32 Å². The van der Waals surface area contributed by atoms with Crippen molar-refractivity contribution in [3.8, 4) is 0 Å². The van der Waals surface area contributed by atoms with Crippen molar-refractivity contribution in [3.63, 3.8) is 0 Å². The van der Waals surface area contributed by atoms with E-state index in [4.69, 9.17) is 4.74 Å². The van der Waals surface area contributed by atoms with Crippen LogP contribution >= 0.6 is 0 Å². The summed E-state index contributed by atoms with van der Waals surface area (Å²) in [4.78, 5) is 2.32. The van der Waals surface area contributed by atoms with Gasteiger partial charge in [0.2, 0.25) is 0 Å². The van der Waals surface area contributed by atoms with Gasteiger partial charge in [-0.25, -0.2) is 0 Å². The number of benzene rings is 1. The third-order valence-corrected chi connectivity index (χ3v) is 3.85. The van der Waals surface area contributed by atoms with E-state index in [2.05, 4.69) is 34.5 Å². The molecule has 20 heavy (non-hydrogen) atoms. The molecule has 1 atom stereocenters. The molecule has 0 spiro atoms. The summed E-state index contributed by atoms with van der Waals surface area (Å²) < 4.78 is 4.96. The summed E-state index contributed by atoms with van der Waals surface area (Å²) in [6.45, 7) is 4.18. The molecule has 1 saturated heterocycles. The van der Waals surface area contributed by atoms with Crippen molar-refractivity contribution >= 4 is 0 Å². The number of nitrogens with zero attached hydrogens (tertiary/aromatic N) is 1. The Morgan fingerprint density at radius 3 is 2.65 bits per heavy atom. The molecule has 112 valence electrons. The van der Waals surface area contributed by atoms with Gasteiger partial charge in [-0.2, -0.15) is 0 Å². The fourth-order valence-electron chi connectivity index (χ4n) is 2.72. The van der Waals surface area contributed by atoms with Crippen molar-refractivity contribution in [2.75, 3.05) is 33.4 Å². The lowest BCUT2D eigenvalue weighted by atomic mass is 10.0. The number of aliphatic hydroxyl groups excluding tert-OH is 1. The number of rotatable bonds is 7. The van der Waals surface area contributed by atoms with Gasteiger partial charge in [-0.05, 0) is 31.5 Å². The van der Waals surface area contributed by atoms with E-state index in [1.54, 1.807) is 7.11 Å². The molecular weight excluding hydrogens is 252 g/mol. The Morgan fingerprint density at radius 2 is 2.00 bits per heavy atom. The minimum atomic E-state index is -0.367. The highest BCUT2D eigenvalue weighted by molar-refractivity contribution is 5.14. The maximum absolute atomic E-state index is 9.74. The molecule has 1 unspecified atom stereocenters. The molecule has 0 aliphatic carbocycles. The SMILES string of the molecule is COCC(O)CN1CCC(NCc2ccccc2)CC1. The average Bonchev–Trinajstić information content (AvgIpc) is 2.48. The lowest BCUT2D eigenvalue weighted by Gasteiger charge is -2.33. The largest absolute Gasteiger partial charge is 0.389 e. The number of piperidine rings is 1. The average molecular weight is 278 g/mol. The van der Waals surface area contributed by atoms with Crippen LogP contribution in [0.2, 0.25) is 0 Å². The summed E-state index contributed by atoms with van der Waals surface area (Å²) in [5.74, 6) is 0. The number of nitrogens with one attached hydrogen (secondary N) is 1. The molecule has 4 nitrogen and oxygen atoms in total. The normalized spacial score (nSPS) is 19.1. The highest BCUT2D eigenvalue weighted by Crippen LogP contribution is 2.11. The predicted molar refractivity (Wildman–Crippen MR) is 80.6 cm³/mol. The summed E-state index contributed by atoms with van der Waals surface area (Å²) >= 11 is 0. The summed E-state index contributed by atoms with van der Waals surface area (Å²) in [7, 11) is 1.63. The number of hydrogen-bond donors (Lipinski definition) is 2. The second kappa shape index (κ2) is 8.37. The summed E-state index contributed by atoms with van der Waals surface area (Å²) in [6, 6.07) is 11.1. The van der Waals surface area contributed by atoms with Crippen LogP contribution in [0.4, 0.5) is 0 Å². The number of likely N-dealkylation sites (tertiary alicyclic amines) is 1. The van der Waals surface area contributed by atoms with Crippen LogP contribution in [0.5, 0.6) is 0 Å². The van der Waals surface area contributed by atoms with Crippen molar-refractivity contribution in [2.24, 2.45) is 0 Å². The van der Waals surface area contributed by atoms with Gasteiger partial charge in [-0.15, -0.1) is 0 Å². The van der Waals surface area contributed by atoms with Crippen LogP contribution in [0.15, 0.2) is 30.3 Å². The fraction of sp³-hybridized carbons (Fsp3) is 0.625. The molecule has 0 radical (unpaired) electrons. The van der Waals surface area contributed by atoms with Crippen molar-refractivity contribution in [1.82, 2.24) is 10.2 Å². The van der Waals surface area contributed by atoms with Crippen LogP contribution in [0, 0.1) is 0 Å². The van der Waals surface area contributed by atoms with E-state index in [1.165, 1.54) is 5.56 Å². The number of ether oxygens (including phenoxy) is 1. The standard InChI is InChI=1S/C16H26N2O2/c1-20-13-16(19)12-18-9-7-15(8-10-18)17-11-14-5-3-2-4-6-14/h2-6,15-17,19H,7-13H2,1H3. The molecule has 1 aromatic carbocycles. The highest BCUT2D eigenvalue weighted by Gasteiger charge is 2.20. The zero-order chi connectivity index (χ0) is 14.2.